The number of primary sulfonamides is 1. The van der Waals surface area contributed by atoms with Gasteiger partial charge >= 0.3 is 0 Å². The molecule has 10 heteroatoms. The van der Waals surface area contributed by atoms with E-state index in [1.165, 1.54) is 6.07 Å². The van der Waals surface area contributed by atoms with Gasteiger partial charge in [-0.25, -0.2) is 22.0 Å². The van der Waals surface area contributed by atoms with Gasteiger partial charge in [0.2, 0.25) is 10.0 Å². The molecule has 2 heterocycles. The molecule has 2 atom stereocenters. The lowest BCUT2D eigenvalue weighted by atomic mass is 10.1. The summed E-state index contributed by atoms with van der Waals surface area (Å²) in [7, 11) is -7.33. The lowest BCUT2D eigenvalue weighted by molar-refractivity contribution is 0.477. The van der Waals surface area contributed by atoms with Crippen molar-refractivity contribution in [1.29, 1.82) is 0 Å². The first-order chi connectivity index (χ1) is 8.67. The van der Waals surface area contributed by atoms with Gasteiger partial charge in [0.1, 0.15) is 8.42 Å². The van der Waals surface area contributed by atoms with Gasteiger partial charge < -0.3 is 5.32 Å². The van der Waals surface area contributed by atoms with Gasteiger partial charge in [0, 0.05) is 11.6 Å². The minimum absolute atomic E-state index is 0. The number of thiophene rings is 1. The van der Waals surface area contributed by atoms with Crippen LogP contribution in [-0.4, -0.2) is 28.6 Å². The zero-order chi connectivity index (χ0) is 14.4. The van der Waals surface area contributed by atoms with Gasteiger partial charge in [-0.1, -0.05) is 6.92 Å². The third-order valence-corrected chi connectivity index (χ3v) is 8.48. The number of nitrogens with one attached hydrogen (secondary N) is 1. The van der Waals surface area contributed by atoms with Crippen LogP contribution in [0.3, 0.4) is 0 Å². The van der Waals surface area contributed by atoms with E-state index in [2.05, 4.69) is 5.32 Å². The first kappa shape index (κ1) is 17.9. The molecule has 1 aliphatic heterocycles. The quantitative estimate of drug-likeness (QED) is 0.837. The Morgan fingerprint density at radius 2 is 2.10 bits per heavy atom. The molecule has 116 valence electrons. The maximum absolute atomic E-state index is 12.2. The Morgan fingerprint density at radius 3 is 2.60 bits per heavy atom. The van der Waals surface area contributed by atoms with Crippen molar-refractivity contribution in [3.8, 4) is 0 Å². The van der Waals surface area contributed by atoms with E-state index in [1.807, 2.05) is 6.92 Å². The molecular formula is C10H17ClN2O4S3. The van der Waals surface area contributed by atoms with Gasteiger partial charge in [-0.2, -0.15) is 0 Å². The standard InChI is InChI=1S/C10H16N2O4S3.ClH/c1-3-12-8-4-6(2)18(13,14)10-7(8)5-9(17-10)19(11,15)16;/h5-6,8,12H,3-4H2,1-2H3,(H2,11,15,16);1H/t6?,8-;/m1./s1. The molecule has 3 N–H and O–H groups in total. The number of sulfone groups is 1. The minimum Gasteiger partial charge on any atom is -0.310 e. The van der Waals surface area contributed by atoms with E-state index in [0.29, 0.717) is 18.5 Å². The summed E-state index contributed by atoms with van der Waals surface area (Å²) in [6.45, 7) is 4.23. The fraction of sp³-hybridized carbons (Fsp3) is 0.600. The van der Waals surface area contributed by atoms with Crippen molar-refractivity contribution in [3.05, 3.63) is 11.6 Å². The second-order valence-corrected chi connectivity index (χ2v) is 9.96. The van der Waals surface area contributed by atoms with Crippen LogP contribution in [0.15, 0.2) is 14.5 Å². The van der Waals surface area contributed by atoms with Crippen molar-refractivity contribution < 1.29 is 16.8 Å². The Hall–Kier alpha value is -0.190. The Kier molecular flexibility index (Phi) is 5.27. The van der Waals surface area contributed by atoms with Crippen LogP contribution in [0.5, 0.6) is 0 Å². The van der Waals surface area contributed by atoms with Gasteiger partial charge in [0.25, 0.3) is 0 Å². The number of halogens is 1. The first-order valence-corrected chi connectivity index (χ1v) is 9.72. The summed E-state index contributed by atoms with van der Waals surface area (Å²) in [5.74, 6) is 0. The van der Waals surface area contributed by atoms with Crippen molar-refractivity contribution >= 4 is 43.6 Å². The van der Waals surface area contributed by atoms with E-state index in [9.17, 15) is 16.8 Å². The van der Waals surface area contributed by atoms with Gasteiger partial charge in [-0.15, -0.1) is 23.7 Å². The summed E-state index contributed by atoms with van der Waals surface area (Å²) in [5.41, 5.74) is 0.522. The van der Waals surface area contributed by atoms with E-state index < -0.39 is 25.1 Å². The van der Waals surface area contributed by atoms with Crippen LogP contribution >= 0.6 is 23.7 Å². The van der Waals surface area contributed by atoms with Crippen LogP contribution in [-0.2, 0) is 19.9 Å². The third-order valence-electron chi connectivity index (χ3n) is 3.16. The fourth-order valence-corrected chi connectivity index (χ4v) is 6.60. The van der Waals surface area contributed by atoms with Crippen molar-refractivity contribution in [1.82, 2.24) is 5.32 Å². The summed E-state index contributed by atoms with van der Waals surface area (Å²) in [4.78, 5) is 0. The molecule has 0 amide bonds. The van der Waals surface area contributed by atoms with Crippen LogP contribution in [0, 0.1) is 0 Å². The SMILES string of the molecule is CCN[C@@H]1CC(C)S(=O)(=O)c2sc(S(N)(=O)=O)cc21.Cl. The average molecular weight is 361 g/mol. The van der Waals surface area contributed by atoms with Crippen molar-refractivity contribution in [2.45, 2.75) is 40.0 Å². The van der Waals surface area contributed by atoms with E-state index in [-0.39, 0.29) is 26.9 Å². The fourth-order valence-electron chi connectivity index (χ4n) is 2.18. The summed E-state index contributed by atoms with van der Waals surface area (Å²) in [6, 6.07) is 1.23. The minimum atomic E-state index is -3.88. The predicted octanol–water partition coefficient (Wildman–Crippen LogP) is 1.03. The molecule has 0 saturated heterocycles. The lowest BCUT2D eigenvalue weighted by Gasteiger charge is -2.27. The molecule has 0 aromatic carbocycles. The lowest BCUT2D eigenvalue weighted by Crippen LogP contribution is -2.33. The molecule has 6 nitrogen and oxygen atoms in total. The first-order valence-electron chi connectivity index (χ1n) is 5.81. The highest BCUT2D eigenvalue weighted by Crippen LogP contribution is 2.42. The molecule has 0 radical (unpaired) electrons. The summed E-state index contributed by atoms with van der Waals surface area (Å²) in [6.07, 6.45) is 0.434. The molecule has 1 aromatic heterocycles. The van der Waals surface area contributed by atoms with Crippen molar-refractivity contribution in [3.63, 3.8) is 0 Å². The monoisotopic (exact) mass is 360 g/mol. The molecular weight excluding hydrogens is 344 g/mol. The summed E-state index contributed by atoms with van der Waals surface area (Å²) < 4.78 is 47.3. The van der Waals surface area contributed by atoms with Crippen LogP contribution < -0.4 is 10.5 Å². The number of hydrogen-bond donors (Lipinski definition) is 2. The molecule has 0 fully saturated rings. The molecule has 1 aromatic rings. The number of nitrogens with two attached hydrogens (primary N) is 1. The Balaban J connectivity index is 0.00000200. The van der Waals surface area contributed by atoms with Crippen molar-refractivity contribution in [2.24, 2.45) is 5.14 Å². The smallest absolute Gasteiger partial charge is 0.247 e. The highest BCUT2D eigenvalue weighted by atomic mass is 35.5. The Labute approximate surface area is 129 Å². The largest absolute Gasteiger partial charge is 0.310 e. The molecule has 1 aliphatic rings. The number of fused-ring (bicyclic) bond motifs is 1. The molecule has 2 rings (SSSR count). The van der Waals surface area contributed by atoms with Gasteiger partial charge in [-0.05, 0) is 26.0 Å². The second-order valence-electron chi connectivity index (χ2n) is 4.55. The molecule has 0 saturated carbocycles. The Bertz CT molecular complexity index is 696. The van der Waals surface area contributed by atoms with Gasteiger partial charge in [-0.3, -0.25) is 0 Å². The van der Waals surface area contributed by atoms with Crippen LogP contribution in [0.25, 0.3) is 0 Å². The van der Waals surface area contributed by atoms with E-state index in [1.54, 1.807) is 6.92 Å². The topological polar surface area (TPSA) is 106 Å². The van der Waals surface area contributed by atoms with Crippen LogP contribution in [0.1, 0.15) is 31.9 Å². The number of rotatable bonds is 3. The number of sulfonamides is 1. The maximum Gasteiger partial charge on any atom is 0.247 e. The van der Waals surface area contributed by atoms with Gasteiger partial charge in [0.05, 0.1) is 5.25 Å². The molecule has 20 heavy (non-hydrogen) atoms. The average Bonchev–Trinajstić information content (AvgIpc) is 2.72. The molecule has 0 bridgehead atoms. The maximum atomic E-state index is 12.2. The number of hydrogen-bond acceptors (Lipinski definition) is 6. The highest BCUT2D eigenvalue weighted by molar-refractivity contribution is 7.95. The second kappa shape index (κ2) is 5.90. The van der Waals surface area contributed by atoms with Crippen LogP contribution in [0.4, 0.5) is 0 Å². The Morgan fingerprint density at radius 1 is 1.50 bits per heavy atom. The normalized spacial score (nSPS) is 24.8. The van der Waals surface area contributed by atoms with E-state index in [4.69, 9.17) is 5.14 Å². The van der Waals surface area contributed by atoms with E-state index >= 15 is 0 Å². The highest BCUT2D eigenvalue weighted by Gasteiger charge is 2.39. The summed E-state index contributed by atoms with van der Waals surface area (Å²) >= 11 is 0.742. The predicted molar refractivity (Wildman–Crippen MR) is 80.6 cm³/mol. The molecule has 1 unspecified atom stereocenters. The van der Waals surface area contributed by atoms with Gasteiger partial charge in [0.15, 0.2) is 9.84 Å². The summed E-state index contributed by atoms with van der Waals surface area (Å²) in [5, 5.41) is 7.73. The van der Waals surface area contributed by atoms with E-state index in [0.717, 1.165) is 11.3 Å². The van der Waals surface area contributed by atoms with Crippen molar-refractivity contribution in [2.75, 3.05) is 6.54 Å². The molecule has 0 aliphatic carbocycles. The third kappa shape index (κ3) is 3.02. The van der Waals surface area contributed by atoms with Crippen LogP contribution in [0.2, 0.25) is 0 Å². The molecule has 0 spiro atoms. The zero-order valence-electron chi connectivity index (χ0n) is 11.0. The zero-order valence-corrected chi connectivity index (χ0v) is 14.3.